The molecule has 0 aliphatic heterocycles. The molecule has 0 saturated heterocycles. The Hall–Kier alpha value is -2.35. The summed E-state index contributed by atoms with van der Waals surface area (Å²) >= 11 is 0. The van der Waals surface area contributed by atoms with Crippen LogP contribution < -0.4 is 0 Å². The first kappa shape index (κ1) is 19.0. The first-order valence-electron chi connectivity index (χ1n) is 7.20. The average molecular weight is 372 g/mol. The van der Waals surface area contributed by atoms with Crippen LogP contribution in [0.3, 0.4) is 0 Å². The second kappa shape index (κ2) is 6.87. The van der Waals surface area contributed by atoms with Gasteiger partial charge < -0.3 is 5.11 Å². The average Bonchev–Trinajstić information content (AvgIpc) is 2.51. The Kier molecular flexibility index (Phi) is 5.22. The van der Waals surface area contributed by atoms with Gasteiger partial charge in [0, 0.05) is 12.7 Å². The van der Waals surface area contributed by atoms with E-state index in [-0.39, 0.29) is 12.0 Å². The Morgan fingerprint density at radius 2 is 1.64 bits per heavy atom. The lowest BCUT2D eigenvalue weighted by Gasteiger charge is -2.12. The van der Waals surface area contributed by atoms with Crippen LogP contribution in [-0.4, -0.2) is 25.7 Å². The minimum atomic E-state index is -4.67. The number of aliphatic carboxylic acids is 1. The van der Waals surface area contributed by atoms with E-state index in [0.717, 1.165) is 17.9 Å². The molecule has 0 unspecified atom stereocenters. The highest BCUT2D eigenvalue weighted by atomic mass is 32.2. The maximum atomic E-state index is 13.0. The number of sulfone groups is 1. The SMILES string of the molecule is CS(=O)(=O)c1cc(-c2ccc(CCC(=O)O)cc2)cc(C(F)(F)F)c1. The van der Waals surface area contributed by atoms with Gasteiger partial charge in [0.2, 0.25) is 0 Å². The summed E-state index contributed by atoms with van der Waals surface area (Å²) in [6.45, 7) is 0. The highest BCUT2D eigenvalue weighted by Gasteiger charge is 2.32. The Labute approximate surface area is 142 Å². The number of carboxylic acids is 1. The maximum absolute atomic E-state index is 13.0. The lowest BCUT2D eigenvalue weighted by atomic mass is 10.0. The van der Waals surface area contributed by atoms with Crippen LogP contribution in [0.25, 0.3) is 11.1 Å². The van der Waals surface area contributed by atoms with Gasteiger partial charge in [0.15, 0.2) is 9.84 Å². The molecule has 0 heterocycles. The molecular weight excluding hydrogens is 357 g/mol. The van der Waals surface area contributed by atoms with Gasteiger partial charge >= 0.3 is 12.1 Å². The third kappa shape index (κ3) is 5.06. The van der Waals surface area contributed by atoms with Gasteiger partial charge in [-0.2, -0.15) is 13.2 Å². The molecule has 2 aromatic carbocycles. The van der Waals surface area contributed by atoms with E-state index in [1.54, 1.807) is 24.3 Å². The quantitative estimate of drug-likeness (QED) is 0.867. The van der Waals surface area contributed by atoms with Crippen LogP contribution >= 0.6 is 0 Å². The summed E-state index contributed by atoms with van der Waals surface area (Å²) in [6, 6.07) is 8.99. The zero-order valence-corrected chi connectivity index (χ0v) is 14.0. The van der Waals surface area contributed by atoms with Crippen LogP contribution in [0.5, 0.6) is 0 Å². The molecule has 4 nitrogen and oxygen atoms in total. The zero-order valence-electron chi connectivity index (χ0n) is 13.2. The number of halogens is 3. The number of hydrogen-bond acceptors (Lipinski definition) is 3. The monoisotopic (exact) mass is 372 g/mol. The van der Waals surface area contributed by atoms with Gasteiger partial charge in [-0.1, -0.05) is 24.3 Å². The molecule has 1 N–H and O–H groups in total. The standard InChI is InChI=1S/C17H15F3O4S/c1-25(23,24)15-9-13(8-14(10-15)17(18,19)20)12-5-2-11(3-6-12)4-7-16(21)22/h2-3,5-6,8-10H,4,7H2,1H3,(H,21,22). The molecule has 0 fully saturated rings. The third-order valence-electron chi connectivity index (χ3n) is 3.58. The minimum absolute atomic E-state index is 0.0544. The molecule has 0 saturated carbocycles. The zero-order chi connectivity index (χ0) is 18.8. The van der Waals surface area contributed by atoms with Crippen molar-refractivity contribution >= 4 is 15.8 Å². The van der Waals surface area contributed by atoms with E-state index in [2.05, 4.69) is 0 Å². The topological polar surface area (TPSA) is 71.4 Å². The van der Waals surface area contributed by atoms with E-state index < -0.39 is 32.4 Å². The Balaban J connectivity index is 2.46. The number of carbonyl (C=O) groups is 1. The van der Waals surface area contributed by atoms with Crippen molar-refractivity contribution in [3.05, 3.63) is 53.6 Å². The Bertz CT molecular complexity index is 885. The van der Waals surface area contributed by atoms with Gasteiger partial charge in [-0.25, -0.2) is 8.42 Å². The molecule has 0 amide bonds. The lowest BCUT2D eigenvalue weighted by molar-refractivity contribution is -0.138. The smallest absolute Gasteiger partial charge is 0.416 e. The Morgan fingerprint density at radius 3 is 2.12 bits per heavy atom. The fraction of sp³-hybridized carbons (Fsp3) is 0.235. The van der Waals surface area contributed by atoms with Gasteiger partial charge in [0.25, 0.3) is 0 Å². The van der Waals surface area contributed by atoms with Crippen LogP contribution in [-0.2, 0) is 27.2 Å². The second-order valence-electron chi connectivity index (χ2n) is 5.61. The van der Waals surface area contributed by atoms with Gasteiger partial charge in [0.1, 0.15) is 0 Å². The maximum Gasteiger partial charge on any atom is 0.416 e. The normalized spacial score (nSPS) is 12.2. The molecule has 134 valence electrons. The van der Waals surface area contributed by atoms with E-state index in [0.29, 0.717) is 18.1 Å². The number of alkyl halides is 3. The second-order valence-corrected chi connectivity index (χ2v) is 7.62. The van der Waals surface area contributed by atoms with E-state index in [1.807, 2.05) is 0 Å². The molecule has 0 atom stereocenters. The van der Waals surface area contributed by atoms with Crippen LogP contribution in [0.2, 0.25) is 0 Å². The predicted octanol–water partition coefficient (Wildman–Crippen LogP) is 3.79. The number of carboxylic acid groups (broad SMARTS) is 1. The number of hydrogen-bond donors (Lipinski definition) is 1. The minimum Gasteiger partial charge on any atom is -0.481 e. The third-order valence-corrected chi connectivity index (χ3v) is 4.67. The van der Waals surface area contributed by atoms with Crippen molar-refractivity contribution in [2.45, 2.75) is 23.9 Å². The van der Waals surface area contributed by atoms with Crippen molar-refractivity contribution in [1.82, 2.24) is 0 Å². The van der Waals surface area contributed by atoms with Crippen LogP contribution in [0.15, 0.2) is 47.4 Å². The van der Waals surface area contributed by atoms with E-state index in [4.69, 9.17) is 5.11 Å². The molecule has 2 rings (SSSR count). The summed E-state index contributed by atoms with van der Waals surface area (Å²) in [6.07, 6.45) is -3.58. The fourth-order valence-corrected chi connectivity index (χ4v) is 2.94. The summed E-state index contributed by atoms with van der Waals surface area (Å²) < 4.78 is 62.5. The number of benzene rings is 2. The van der Waals surface area contributed by atoms with Gasteiger partial charge in [-0.3, -0.25) is 4.79 Å². The number of aryl methyl sites for hydroxylation is 1. The Morgan fingerprint density at radius 1 is 1.04 bits per heavy atom. The van der Waals surface area contributed by atoms with Crippen molar-refractivity contribution in [2.75, 3.05) is 6.26 Å². The van der Waals surface area contributed by atoms with Gasteiger partial charge in [-0.05, 0) is 41.3 Å². The molecule has 0 aromatic heterocycles. The van der Waals surface area contributed by atoms with Crippen molar-refractivity contribution in [3.63, 3.8) is 0 Å². The molecule has 2 aromatic rings. The van der Waals surface area contributed by atoms with Crippen molar-refractivity contribution in [3.8, 4) is 11.1 Å². The molecule has 25 heavy (non-hydrogen) atoms. The predicted molar refractivity (Wildman–Crippen MR) is 85.9 cm³/mol. The summed E-state index contributed by atoms with van der Waals surface area (Å²) in [4.78, 5) is 10.2. The first-order valence-corrected chi connectivity index (χ1v) is 9.09. The summed E-state index contributed by atoms with van der Waals surface area (Å²) in [5.41, 5.74) is 0.219. The first-order chi connectivity index (χ1) is 11.5. The molecule has 0 radical (unpaired) electrons. The summed E-state index contributed by atoms with van der Waals surface area (Å²) in [7, 11) is -3.81. The highest BCUT2D eigenvalue weighted by Crippen LogP contribution is 2.34. The van der Waals surface area contributed by atoms with E-state index >= 15 is 0 Å². The molecular formula is C17H15F3O4S. The van der Waals surface area contributed by atoms with E-state index in [9.17, 15) is 26.4 Å². The molecule has 0 aliphatic carbocycles. The molecule has 8 heteroatoms. The van der Waals surface area contributed by atoms with Crippen LogP contribution in [0.4, 0.5) is 13.2 Å². The van der Waals surface area contributed by atoms with Crippen molar-refractivity contribution in [2.24, 2.45) is 0 Å². The van der Waals surface area contributed by atoms with Gasteiger partial charge in [-0.15, -0.1) is 0 Å². The van der Waals surface area contributed by atoms with Crippen LogP contribution in [0, 0.1) is 0 Å². The lowest BCUT2D eigenvalue weighted by Crippen LogP contribution is -2.08. The largest absolute Gasteiger partial charge is 0.481 e. The summed E-state index contributed by atoms with van der Waals surface area (Å²) in [5.74, 6) is -0.945. The van der Waals surface area contributed by atoms with E-state index in [1.165, 1.54) is 6.07 Å². The number of rotatable bonds is 5. The molecule has 0 spiro atoms. The van der Waals surface area contributed by atoms with Gasteiger partial charge in [0.05, 0.1) is 10.5 Å². The molecule has 0 aliphatic rings. The fourth-order valence-electron chi connectivity index (χ4n) is 2.26. The van der Waals surface area contributed by atoms with Crippen molar-refractivity contribution in [1.29, 1.82) is 0 Å². The van der Waals surface area contributed by atoms with Crippen LogP contribution in [0.1, 0.15) is 17.5 Å². The molecule has 0 bridgehead atoms. The summed E-state index contributed by atoms with van der Waals surface area (Å²) in [5, 5.41) is 8.66. The van der Waals surface area contributed by atoms with Crippen molar-refractivity contribution < 1.29 is 31.5 Å². The highest BCUT2D eigenvalue weighted by molar-refractivity contribution is 7.90.